The normalized spacial score (nSPS) is 16.5. The highest BCUT2D eigenvalue weighted by atomic mass is 16.5. The molecule has 122 valence electrons. The molecule has 2 aromatic rings. The monoisotopic (exact) mass is 314 g/mol. The van der Waals surface area contributed by atoms with Gasteiger partial charge in [-0.2, -0.15) is 5.10 Å². The Labute approximate surface area is 135 Å². The molecule has 3 rings (SSSR count). The van der Waals surface area contributed by atoms with Crippen LogP contribution in [0.2, 0.25) is 0 Å². The molecule has 23 heavy (non-hydrogen) atoms. The third kappa shape index (κ3) is 3.70. The van der Waals surface area contributed by atoms with Crippen LogP contribution in [0.5, 0.6) is 5.75 Å². The van der Waals surface area contributed by atoms with E-state index >= 15 is 0 Å². The number of fused-ring (bicyclic) bond motifs is 1. The van der Waals surface area contributed by atoms with Gasteiger partial charge in [-0.15, -0.1) is 0 Å². The summed E-state index contributed by atoms with van der Waals surface area (Å²) in [6.45, 7) is 5.46. The van der Waals surface area contributed by atoms with E-state index < -0.39 is 0 Å². The zero-order valence-corrected chi connectivity index (χ0v) is 13.6. The van der Waals surface area contributed by atoms with Gasteiger partial charge in [0, 0.05) is 24.9 Å². The summed E-state index contributed by atoms with van der Waals surface area (Å²) in [5.74, 6) is 0.997. The van der Waals surface area contributed by atoms with E-state index in [2.05, 4.69) is 34.5 Å². The lowest BCUT2D eigenvalue weighted by Gasteiger charge is -2.28. The quantitative estimate of drug-likeness (QED) is 0.919. The molecule has 1 aromatic carbocycles. The van der Waals surface area contributed by atoms with Crippen LogP contribution < -0.4 is 10.1 Å². The van der Waals surface area contributed by atoms with Crippen molar-refractivity contribution < 1.29 is 9.53 Å². The van der Waals surface area contributed by atoms with Crippen molar-refractivity contribution in [2.75, 3.05) is 6.61 Å². The van der Waals surface area contributed by atoms with Crippen molar-refractivity contribution in [1.29, 1.82) is 0 Å². The number of aromatic nitrogens is 3. The van der Waals surface area contributed by atoms with Crippen molar-refractivity contribution in [3.8, 4) is 5.75 Å². The van der Waals surface area contributed by atoms with E-state index in [-0.39, 0.29) is 11.9 Å². The maximum absolute atomic E-state index is 12.2. The predicted octanol–water partition coefficient (Wildman–Crippen LogP) is 2.32. The van der Waals surface area contributed by atoms with Crippen molar-refractivity contribution in [3.63, 3.8) is 0 Å². The fourth-order valence-electron chi connectivity index (χ4n) is 3.04. The summed E-state index contributed by atoms with van der Waals surface area (Å²) >= 11 is 0. The van der Waals surface area contributed by atoms with E-state index in [0.29, 0.717) is 19.6 Å². The number of rotatable bonds is 5. The van der Waals surface area contributed by atoms with Crippen LogP contribution in [0.1, 0.15) is 42.0 Å². The Bertz CT molecular complexity index is 682. The van der Waals surface area contributed by atoms with E-state index in [1.54, 1.807) is 11.0 Å². The second-order valence-corrected chi connectivity index (χ2v) is 6.02. The van der Waals surface area contributed by atoms with Crippen LogP contribution in [0.3, 0.4) is 0 Å². The van der Waals surface area contributed by atoms with Gasteiger partial charge >= 0.3 is 0 Å². The molecular weight excluding hydrogens is 292 g/mol. The van der Waals surface area contributed by atoms with Crippen molar-refractivity contribution >= 4 is 5.91 Å². The Hall–Kier alpha value is -2.37. The molecule has 0 bridgehead atoms. The van der Waals surface area contributed by atoms with Gasteiger partial charge in [-0.05, 0) is 25.8 Å². The van der Waals surface area contributed by atoms with Crippen LogP contribution in [-0.2, 0) is 11.3 Å². The van der Waals surface area contributed by atoms with Gasteiger partial charge in [0.05, 0.1) is 12.6 Å². The lowest BCUT2D eigenvalue weighted by Crippen LogP contribution is -2.32. The molecule has 0 saturated carbocycles. The molecule has 0 unspecified atom stereocenters. The molecule has 1 atom stereocenters. The molecular formula is C17H22N4O2. The van der Waals surface area contributed by atoms with Gasteiger partial charge in [0.2, 0.25) is 5.91 Å². The van der Waals surface area contributed by atoms with E-state index in [0.717, 1.165) is 29.7 Å². The summed E-state index contributed by atoms with van der Waals surface area (Å²) in [6.07, 6.45) is 5.21. The molecule has 0 aliphatic carbocycles. The highest BCUT2D eigenvalue weighted by Gasteiger charge is 2.24. The fraction of sp³-hybridized carbons (Fsp3) is 0.471. The molecule has 0 spiro atoms. The van der Waals surface area contributed by atoms with Crippen LogP contribution in [0.4, 0.5) is 0 Å². The number of hydrogen-bond acceptors (Lipinski definition) is 4. The van der Waals surface area contributed by atoms with Crippen LogP contribution in [0.25, 0.3) is 0 Å². The average Bonchev–Trinajstić information content (AvgIpc) is 3.01. The van der Waals surface area contributed by atoms with Gasteiger partial charge in [0.1, 0.15) is 18.4 Å². The topological polar surface area (TPSA) is 69.0 Å². The Morgan fingerprint density at radius 2 is 2.30 bits per heavy atom. The summed E-state index contributed by atoms with van der Waals surface area (Å²) in [5.41, 5.74) is 3.42. The Morgan fingerprint density at radius 3 is 3.09 bits per heavy atom. The summed E-state index contributed by atoms with van der Waals surface area (Å²) in [7, 11) is 0. The maximum Gasteiger partial charge on any atom is 0.220 e. The minimum absolute atomic E-state index is 0.0382. The molecule has 1 aliphatic rings. The highest BCUT2D eigenvalue weighted by Crippen LogP contribution is 2.35. The molecule has 1 N–H and O–H groups in total. The van der Waals surface area contributed by atoms with Crippen LogP contribution in [0.15, 0.2) is 24.8 Å². The van der Waals surface area contributed by atoms with E-state index in [9.17, 15) is 4.79 Å². The molecule has 1 aliphatic heterocycles. The summed E-state index contributed by atoms with van der Waals surface area (Å²) < 4.78 is 7.52. The number of aryl methyl sites for hydroxylation is 3. The highest BCUT2D eigenvalue weighted by molar-refractivity contribution is 5.76. The molecule has 1 aromatic heterocycles. The summed E-state index contributed by atoms with van der Waals surface area (Å²) in [5, 5.41) is 7.18. The second kappa shape index (κ2) is 6.81. The predicted molar refractivity (Wildman–Crippen MR) is 86.2 cm³/mol. The standard InChI is InChI=1S/C17H22N4O2/c1-12-8-13(2)17-14(9-12)15(5-7-23-17)20-16(22)4-3-6-21-11-18-10-19-21/h8-11,15H,3-7H2,1-2H3,(H,20,22)/t15-/m0/s1. The minimum Gasteiger partial charge on any atom is -0.493 e. The second-order valence-electron chi connectivity index (χ2n) is 6.02. The van der Waals surface area contributed by atoms with Gasteiger partial charge in [0.15, 0.2) is 0 Å². The Balaban J connectivity index is 1.59. The van der Waals surface area contributed by atoms with Crippen LogP contribution >= 0.6 is 0 Å². The van der Waals surface area contributed by atoms with Crippen molar-refractivity contribution in [3.05, 3.63) is 41.5 Å². The first-order valence-corrected chi connectivity index (χ1v) is 7.99. The fourth-order valence-corrected chi connectivity index (χ4v) is 3.04. The third-order valence-electron chi connectivity index (χ3n) is 4.07. The number of nitrogens with one attached hydrogen (secondary N) is 1. The molecule has 2 heterocycles. The number of hydrogen-bond donors (Lipinski definition) is 1. The van der Waals surface area contributed by atoms with Gasteiger partial charge in [0.25, 0.3) is 0 Å². The average molecular weight is 314 g/mol. The lowest BCUT2D eigenvalue weighted by molar-refractivity contribution is -0.122. The number of carbonyl (C=O) groups is 1. The molecule has 0 radical (unpaired) electrons. The Kier molecular flexibility index (Phi) is 4.60. The maximum atomic E-state index is 12.2. The smallest absolute Gasteiger partial charge is 0.220 e. The van der Waals surface area contributed by atoms with E-state index in [1.807, 2.05) is 6.92 Å². The first-order valence-electron chi connectivity index (χ1n) is 7.99. The number of amides is 1. The molecule has 6 nitrogen and oxygen atoms in total. The van der Waals surface area contributed by atoms with Gasteiger partial charge in [-0.1, -0.05) is 17.7 Å². The SMILES string of the molecule is Cc1cc(C)c2c(c1)[C@@H](NC(=O)CCCn1cncn1)CCO2. The molecule has 6 heteroatoms. The van der Waals surface area contributed by atoms with E-state index in [1.165, 1.54) is 11.9 Å². The summed E-state index contributed by atoms with van der Waals surface area (Å²) in [6, 6.07) is 4.26. The zero-order valence-electron chi connectivity index (χ0n) is 13.6. The van der Waals surface area contributed by atoms with Crippen molar-refractivity contribution in [2.24, 2.45) is 0 Å². The van der Waals surface area contributed by atoms with Crippen LogP contribution in [-0.4, -0.2) is 27.3 Å². The van der Waals surface area contributed by atoms with Gasteiger partial charge < -0.3 is 10.1 Å². The number of carbonyl (C=O) groups excluding carboxylic acids is 1. The first kappa shape index (κ1) is 15.5. The largest absolute Gasteiger partial charge is 0.493 e. The number of ether oxygens (including phenoxy) is 1. The number of nitrogens with zero attached hydrogens (tertiary/aromatic N) is 3. The molecule has 0 saturated heterocycles. The van der Waals surface area contributed by atoms with E-state index in [4.69, 9.17) is 4.74 Å². The molecule has 0 fully saturated rings. The Morgan fingerprint density at radius 1 is 1.43 bits per heavy atom. The third-order valence-corrected chi connectivity index (χ3v) is 4.07. The zero-order chi connectivity index (χ0) is 16.2. The van der Waals surface area contributed by atoms with Crippen LogP contribution in [0, 0.1) is 13.8 Å². The van der Waals surface area contributed by atoms with Gasteiger partial charge in [-0.3, -0.25) is 9.48 Å². The van der Waals surface area contributed by atoms with Crippen molar-refractivity contribution in [2.45, 2.75) is 45.7 Å². The molecule has 1 amide bonds. The lowest BCUT2D eigenvalue weighted by atomic mass is 9.95. The first-order chi connectivity index (χ1) is 11.1. The van der Waals surface area contributed by atoms with Crippen molar-refractivity contribution in [1.82, 2.24) is 20.1 Å². The number of benzene rings is 1. The van der Waals surface area contributed by atoms with Gasteiger partial charge in [-0.25, -0.2) is 4.98 Å². The minimum atomic E-state index is 0.0382. The summed E-state index contributed by atoms with van der Waals surface area (Å²) in [4.78, 5) is 16.1.